The summed E-state index contributed by atoms with van der Waals surface area (Å²) in [5, 5.41) is 9.01. The smallest absolute Gasteiger partial charge is 0.0625 e. The van der Waals surface area contributed by atoms with Crippen molar-refractivity contribution in [2.75, 3.05) is 0 Å². The number of hydrogen-bond acceptors (Lipinski definition) is 1. The maximum Gasteiger partial charge on any atom is 0.388 e. The molecule has 0 spiro atoms. The molecule has 86 valence electrons. The van der Waals surface area contributed by atoms with Crippen molar-refractivity contribution in [2.24, 2.45) is 11.8 Å². The topological polar surface area (TPSA) is 28.1 Å². The van der Waals surface area contributed by atoms with Crippen molar-refractivity contribution in [3.8, 4) is 0 Å². The highest BCUT2D eigenvalue weighted by Gasteiger charge is 2.15. The zero-order valence-electron chi connectivity index (χ0n) is 10.7. The van der Waals surface area contributed by atoms with Crippen LogP contribution in [0.4, 0.5) is 5.69 Å². The van der Waals surface area contributed by atoms with Gasteiger partial charge >= 0.3 is 5.69 Å². The molecule has 0 saturated carbocycles. The Hall–Kier alpha value is -1.36. The van der Waals surface area contributed by atoms with Crippen LogP contribution in [0.5, 0.6) is 0 Å². The third kappa shape index (κ3) is 3.66. The zero-order chi connectivity index (χ0) is 12.1. The standard InChI is InChI=1S/C14H21N2/c1-10(2)7-12-5-6-13(8-11(3)4)14(9-12)16-15/h5-6,9-11H,7-8H2,1-4H3/q+1. The summed E-state index contributed by atoms with van der Waals surface area (Å²) in [6.45, 7) is 8.72. The molecular formula is C14H21N2+. The van der Waals surface area contributed by atoms with E-state index in [2.05, 4.69) is 44.8 Å². The van der Waals surface area contributed by atoms with Crippen molar-refractivity contribution >= 4 is 5.69 Å². The van der Waals surface area contributed by atoms with Gasteiger partial charge < -0.3 is 0 Å². The lowest BCUT2D eigenvalue weighted by Crippen LogP contribution is -1.97. The lowest BCUT2D eigenvalue weighted by Gasteiger charge is -2.06. The van der Waals surface area contributed by atoms with E-state index in [1.165, 1.54) is 5.56 Å². The Morgan fingerprint density at radius 1 is 1.06 bits per heavy atom. The second-order valence-electron chi connectivity index (χ2n) is 5.26. The maximum absolute atomic E-state index is 9.01. The van der Waals surface area contributed by atoms with E-state index in [0.717, 1.165) is 24.1 Å². The van der Waals surface area contributed by atoms with Gasteiger partial charge in [0.25, 0.3) is 0 Å². The Morgan fingerprint density at radius 2 is 1.69 bits per heavy atom. The molecule has 1 aromatic rings. The van der Waals surface area contributed by atoms with Crippen LogP contribution in [0.2, 0.25) is 0 Å². The van der Waals surface area contributed by atoms with Gasteiger partial charge in [-0.3, -0.25) is 0 Å². The van der Waals surface area contributed by atoms with E-state index in [4.69, 9.17) is 5.39 Å². The molecule has 0 aliphatic rings. The molecule has 0 aliphatic heterocycles. The van der Waals surface area contributed by atoms with Crippen molar-refractivity contribution < 1.29 is 0 Å². The first-order chi connectivity index (χ1) is 7.52. The average molecular weight is 217 g/mol. The van der Waals surface area contributed by atoms with Crippen molar-refractivity contribution in [3.05, 3.63) is 34.3 Å². The number of nitrogens with zero attached hydrogens (tertiary/aromatic N) is 2. The molecule has 0 heterocycles. The summed E-state index contributed by atoms with van der Waals surface area (Å²) >= 11 is 0. The van der Waals surface area contributed by atoms with E-state index in [1.54, 1.807) is 0 Å². The molecule has 0 atom stereocenters. The van der Waals surface area contributed by atoms with Gasteiger partial charge in [0.1, 0.15) is 0 Å². The van der Waals surface area contributed by atoms with Crippen molar-refractivity contribution in [1.82, 2.24) is 0 Å². The summed E-state index contributed by atoms with van der Waals surface area (Å²) < 4.78 is 0. The highest BCUT2D eigenvalue weighted by molar-refractivity contribution is 5.53. The lowest BCUT2D eigenvalue weighted by atomic mass is 9.96. The highest BCUT2D eigenvalue weighted by Crippen LogP contribution is 2.25. The van der Waals surface area contributed by atoms with Crippen molar-refractivity contribution in [3.63, 3.8) is 0 Å². The average Bonchev–Trinajstić information content (AvgIpc) is 2.18. The third-order valence-corrected chi connectivity index (χ3v) is 2.53. The largest absolute Gasteiger partial charge is 0.388 e. The summed E-state index contributed by atoms with van der Waals surface area (Å²) in [4.78, 5) is 3.39. The van der Waals surface area contributed by atoms with Crippen LogP contribution in [-0.2, 0) is 12.8 Å². The van der Waals surface area contributed by atoms with Crippen LogP contribution in [0.1, 0.15) is 38.8 Å². The molecule has 2 heteroatoms. The number of diazo groups is 1. The second kappa shape index (κ2) is 5.65. The summed E-state index contributed by atoms with van der Waals surface area (Å²) in [6.07, 6.45) is 1.99. The molecule has 0 bridgehead atoms. The van der Waals surface area contributed by atoms with Crippen LogP contribution >= 0.6 is 0 Å². The SMILES string of the molecule is CC(C)Cc1ccc(CC(C)C)c([N+]#N)c1. The van der Waals surface area contributed by atoms with Gasteiger partial charge in [-0.05, 0) is 30.2 Å². The number of rotatable bonds is 4. The Morgan fingerprint density at radius 3 is 2.19 bits per heavy atom. The predicted molar refractivity (Wildman–Crippen MR) is 68.3 cm³/mol. The Bertz CT molecular complexity index is 386. The fourth-order valence-electron chi connectivity index (χ4n) is 1.91. The molecule has 0 aliphatic carbocycles. The zero-order valence-corrected chi connectivity index (χ0v) is 10.7. The Kier molecular flexibility index (Phi) is 4.49. The van der Waals surface area contributed by atoms with E-state index in [1.807, 2.05) is 6.07 Å². The Balaban J connectivity index is 2.94. The summed E-state index contributed by atoms with van der Waals surface area (Å²) in [5.74, 6) is 1.21. The van der Waals surface area contributed by atoms with Crippen LogP contribution < -0.4 is 0 Å². The second-order valence-corrected chi connectivity index (χ2v) is 5.26. The van der Waals surface area contributed by atoms with Crippen molar-refractivity contribution in [2.45, 2.75) is 40.5 Å². The molecule has 0 N–H and O–H groups in total. The van der Waals surface area contributed by atoms with E-state index >= 15 is 0 Å². The van der Waals surface area contributed by atoms with Crippen LogP contribution in [0.15, 0.2) is 18.2 Å². The molecule has 0 amide bonds. The van der Waals surface area contributed by atoms with E-state index < -0.39 is 0 Å². The third-order valence-electron chi connectivity index (χ3n) is 2.53. The van der Waals surface area contributed by atoms with E-state index in [0.29, 0.717) is 11.8 Å². The summed E-state index contributed by atoms with van der Waals surface area (Å²) in [6, 6.07) is 6.23. The quantitative estimate of drug-likeness (QED) is 0.679. The minimum atomic E-state index is 0.580. The maximum atomic E-state index is 9.01. The van der Waals surface area contributed by atoms with Crippen LogP contribution in [-0.4, -0.2) is 0 Å². The fourth-order valence-corrected chi connectivity index (χ4v) is 1.91. The Labute approximate surface area is 98.3 Å². The van der Waals surface area contributed by atoms with Gasteiger partial charge in [0.2, 0.25) is 5.39 Å². The molecule has 0 fully saturated rings. The van der Waals surface area contributed by atoms with Gasteiger partial charge in [0.15, 0.2) is 4.98 Å². The van der Waals surface area contributed by atoms with Crippen LogP contribution in [0.3, 0.4) is 0 Å². The highest BCUT2D eigenvalue weighted by atomic mass is 14.8. The first-order valence-corrected chi connectivity index (χ1v) is 5.99. The first-order valence-electron chi connectivity index (χ1n) is 5.99. The fraction of sp³-hybridized carbons (Fsp3) is 0.571. The van der Waals surface area contributed by atoms with E-state index in [-0.39, 0.29) is 0 Å². The molecule has 1 aromatic carbocycles. The molecule has 2 nitrogen and oxygen atoms in total. The van der Waals surface area contributed by atoms with E-state index in [9.17, 15) is 0 Å². The van der Waals surface area contributed by atoms with Crippen LogP contribution in [0.25, 0.3) is 4.98 Å². The summed E-state index contributed by atoms with van der Waals surface area (Å²) in [5.41, 5.74) is 3.10. The molecular weight excluding hydrogens is 196 g/mol. The normalized spacial score (nSPS) is 10.8. The van der Waals surface area contributed by atoms with Gasteiger partial charge in [0, 0.05) is 11.6 Å². The number of benzene rings is 1. The van der Waals surface area contributed by atoms with Gasteiger partial charge in [-0.25, -0.2) is 0 Å². The van der Waals surface area contributed by atoms with Crippen molar-refractivity contribution in [1.29, 1.82) is 5.39 Å². The van der Waals surface area contributed by atoms with Gasteiger partial charge in [-0.2, -0.15) is 0 Å². The molecule has 0 radical (unpaired) electrons. The molecule has 0 saturated heterocycles. The van der Waals surface area contributed by atoms with Gasteiger partial charge in [-0.1, -0.05) is 39.8 Å². The predicted octanol–water partition coefficient (Wildman–Crippen LogP) is 4.57. The monoisotopic (exact) mass is 217 g/mol. The van der Waals surface area contributed by atoms with Gasteiger partial charge in [-0.15, -0.1) is 0 Å². The lowest BCUT2D eigenvalue weighted by molar-refractivity contribution is 0.641. The summed E-state index contributed by atoms with van der Waals surface area (Å²) in [7, 11) is 0. The molecule has 16 heavy (non-hydrogen) atoms. The number of hydrogen-bond donors (Lipinski definition) is 0. The minimum absolute atomic E-state index is 0.580. The molecule has 0 unspecified atom stereocenters. The minimum Gasteiger partial charge on any atom is -0.0625 e. The first kappa shape index (κ1) is 12.7. The molecule has 0 aromatic heterocycles. The van der Waals surface area contributed by atoms with Gasteiger partial charge in [0.05, 0.1) is 0 Å². The van der Waals surface area contributed by atoms with Crippen LogP contribution in [0, 0.1) is 17.2 Å². The molecule has 1 rings (SSSR count).